The standard InChI is InChI=1S/C18H22N4O3S/c1-11-15(17(23)19-2)26-18-21-14(12-6-5-7-13(10-12)25-4)16(22(11)18)20-8-9-24-3/h5-7,10,20H,8-9H2,1-4H3,(H,19,23). The van der Waals surface area contributed by atoms with Crippen LogP contribution in [0.2, 0.25) is 0 Å². The molecule has 0 unspecified atom stereocenters. The Kier molecular flexibility index (Phi) is 5.43. The van der Waals surface area contributed by atoms with E-state index in [-0.39, 0.29) is 5.91 Å². The Morgan fingerprint density at radius 2 is 2.15 bits per heavy atom. The molecule has 8 heteroatoms. The van der Waals surface area contributed by atoms with Gasteiger partial charge < -0.3 is 20.1 Å². The van der Waals surface area contributed by atoms with Gasteiger partial charge in [-0.15, -0.1) is 0 Å². The molecule has 3 rings (SSSR count). The molecular formula is C18H22N4O3S. The molecule has 26 heavy (non-hydrogen) atoms. The maximum Gasteiger partial charge on any atom is 0.263 e. The molecule has 0 aliphatic carbocycles. The Hall–Kier alpha value is -2.58. The van der Waals surface area contributed by atoms with Gasteiger partial charge in [0.15, 0.2) is 4.96 Å². The first-order valence-corrected chi connectivity index (χ1v) is 9.03. The van der Waals surface area contributed by atoms with Crippen LogP contribution in [0.4, 0.5) is 5.82 Å². The summed E-state index contributed by atoms with van der Waals surface area (Å²) < 4.78 is 12.5. The van der Waals surface area contributed by atoms with Crippen molar-refractivity contribution in [2.45, 2.75) is 6.92 Å². The van der Waals surface area contributed by atoms with Crippen LogP contribution < -0.4 is 15.4 Å². The van der Waals surface area contributed by atoms with Gasteiger partial charge in [-0.2, -0.15) is 0 Å². The second kappa shape index (κ2) is 7.76. The smallest absolute Gasteiger partial charge is 0.263 e. The number of aromatic nitrogens is 2. The van der Waals surface area contributed by atoms with E-state index in [1.165, 1.54) is 11.3 Å². The van der Waals surface area contributed by atoms with E-state index in [9.17, 15) is 4.79 Å². The molecule has 7 nitrogen and oxygen atoms in total. The lowest BCUT2D eigenvalue weighted by Gasteiger charge is -2.10. The highest BCUT2D eigenvalue weighted by atomic mass is 32.1. The maximum atomic E-state index is 12.1. The first kappa shape index (κ1) is 18.2. The van der Waals surface area contributed by atoms with Gasteiger partial charge in [0.05, 0.1) is 13.7 Å². The van der Waals surface area contributed by atoms with Crippen LogP contribution in [0.5, 0.6) is 5.75 Å². The molecular weight excluding hydrogens is 352 g/mol. The summed E-state index contributed by atoms with van der Waals surface area (Å²) in [5.74, 6) is 1.50. The number of methoxy groups -OCH3 is 2. The molecule has 0 aliphatic rings. The number of carbonyl (C=O) groups is 1. The minimum atomic E-state index is -0.108. The van der Waals surface area contributed by atoms with Crippen LogP contribution in [0.25, 0.3) is 16.2 Å². The molecule has 138 valence electrons. The summed E-state index contributed by atoms with van der Waals surface area (Å²) in [4.78, 5) is 18.3. The Morgan fingerprint density at radius 3 is 2.85 bits per heavy atom. The molecule has 3 aromatic rings. The molecule has 0 bridgehead atoms. The van der Waals surface area contributed by atoms with Crippen molar-refractivity contribution in [2.75, 3.05) is 39.7 Å². The van der Waals surface area contributed by atoms with Crippen molar-refractivity contribution in [1.29, 1.82) is 0 Å². The van der Waals surface area contributed by atoms with Crippen LogP contribution in [0, 0.1) is 6.92 Å². The third kappa shape index (κ3) is 3.25. The topological polar surface area (TPSA) is 76.9 Å². The second-order valence-electron chi connectivity index (χ2n) is 5.67. The van der Waals surface area contributed by atoms with Gasteiger partial charge in [0.2, 0.25) is 0 Å². The zero-order valence-corrected chi connectivity index (χ0v) is 16.1. The Labute approximate surface area is 156 Å². The Morgan fingerprint density at radius 1 is 1.35 bits per heavy atom. The Bertz CT molecular complexity index is 932. The Balaban J connectivity index is 2.15. The van der Waals surface area contributed by atoms with Gasteiger partial charge in [-0.3, -0.25) is 9.20 Å². The lowest BCUT2D eigenvalue weighted by molar-refractivity contribution is 0.0966. The molecule has 1 aromatic carbocycles. The fourth-order valence-electron chi connectivity index (χ4n) is 2.78. The molecule has 0 atom stereocenters. The minimum absolute atomic E-state index is 0.108. The summed E-state index contributed by atoms with van der Waals surface area (Å²) in [6, 6.07) is 7.77. The lowest BCUT2D eigenvalue weighted by atomic mass is 10.1. The first-order chi connectivity index (χ1) is 12.6. The fourth-order valence-corrected chi connectivity index (χ4v) is 3.85. The van der Waals surface area contributed by atoms with E-state index in [2.05, 4.69) is 10.6 Å². The third-order valence-corrected chi connectivity index (χ3v) is 5.22. The molecule has 2 N–H and O–H groups in total. The summed E-state index contributed by atoms with van der Waals surface area (Å²) in [7, 11) is 4.93. The van der Waals surface area contributed by atoms with Gasteiger partial charge in [-0.25, -0.2) is 4.98 Å². The fraction of sp³-hybridized carbons (Fsp3) is 0.333. The van der Waals surface area contributed by atoms with Crippen LogP contribution in [0.15, 0.2) is 24.3 Å². The number of carbonyl (C=O) groups excluding carboxylic acids is 1. The van der Waals surface area contributed by atoms with E-state index in [4.69, 9.17) is 14.5 Å². The number of thiazole rings is 1. The molecule has 1 amide bonds. The molecule has 2 heterocycles. The monoisotopic (exact) mass is 374 g/mol. The van der Waals surface area contributed by atoms with Crippen molar-refractivity contribution in [2.24, 2.45) is 0 Å². The number of rotatable bonds is 7. The minimum Gasteiger partial charge on any atom is -0.497 e. The van der Waals surface area contributed by atoms with Crippen molar-refractivity contribution < 1.29 is 14.3 Å². The van der Waals surface area contributed by atoms with Crippen LogP contribution in [-0.2, 0) is 4.74 Å². The highest BCUT2D eigenvalue weighted by molar-refractivity contribution is 7.19. The molecule has 0 radical (unpaired) electrons. The highest BCUT2D eigenvalue weighted by Crippen LogP contribution is 2.35. The number of aryl methyl sites for hydroxylation is 1. The van der Waals surface area contributed by atoms with E-state index >= 15 is 0 Å². The van der Waals surface area contributed by atoms with Gasteiger partial charge in [-0.05, 0) is 19.1 Å². The van der Waals surface area contributed by atoms with Gasteiger partial charge in [-0.1, -0.05) is 23.5 Å². The number of nitrogens with zero attached hydrogens (tertiary/aromatic N) is 2. The van der Waals surface area contributed by atoms with Crippen molar-refractivity contribution >= 4 is 28.0 Å². The second-order valence-corrected chi connectivity index (χ2v) is 6.65. The van der Waals surface area contributed by atoms with Crippen LogP contribution >= 0.6 is 11.3 Å². The third-order valence-electron chi connectivity index (χ3n) is 4.08. The normalized spacial score (nSPS) is 10.9. The molecule has 0 aliphatic heterocycles. The molecule has 0 spiro atoms. The zero-order valence-electron chi connectivity index (χ0n) is 15.3. The predicted octanol–water partition coefficient (Wildman–Crippen LogP) is 2.80. The molecule has 0 saturated carbocycles. The van der Waals surface area contributed by atoms with Gasteiger partial charge in [0, 0.05) is 32.0 Å². The van der Waals surface area contributed by atoms with Crippen molar-refractivity contribution in [1.82, 2.24) is 14.7 Å². The van der Waals surface area contributed by atoms with E-state index in [1.54, 1.807) is 21.3 Å². The number of hydrogen-bond acceptors (Lipinski definition) is 6. The number of anilines is 1. The highest BCUT2D eigenvalue weighted by Gasteiger charge is 2.22. The van der Waals surface area contributed by atoms with E-state index in [1.807, 2.05) is 35.6 Å². The number of fused-ring (bicyclic) bond motifs is 1. The van der Waals surface area contributed by atoms with Crippen LogP contribution in [0.1, 0.15) is 15.4 Å². The van der Waals surface area contributed by atoms with Crippen LogP contribution in [0.3, 0.4) is 0 Å². The van der Waals surface area contributed by atoms with E-state index in [0.717, 1.165) is 33.5 Å². The molecule has 0 saturated heterocycles. The average Bonchev–Trinajstić information content (AvgIpc) is 3.18. The molecule has 2 aromatic heterocycles. The summed E-state index contributed by atoms with van der Waals surface area (Å²) in [5.41, 5.74) is 2.62. The summed E-state index contributed by atoms with van der Waals surface area (Å²) in [6.07, 6.45) is 0. The number of imidazole rings is 1. The number of benzene rings is 1. The van der Waals surface area contributed by atoms with Gasteiger partial charge >= 0.3 is 0 Å². The average molecular weight is 374 g/mol. The number of hydrogen-bond donors (Lipinski definition) is 2. The van der Waals surface area contributed by atoms with Gasteiger partial charge in [0.25, 0.3) is 5.91 Å². The van der Waals surface area contributed by atoms with Crippen molar-refractivity contribution in [3.8, 4) is 17.0 Å². The number of nitrogens with one attached hydrogen (secondary N) is 2. The molecule has 0 fully saturated rings. The largest absolute Gasteiger partial charge is 0.497 e. The summed E-state index contributed by atoms with van der Waals surface area (Å²) >= 11 is 1.37. The zero-order chi connectivity index (χ0) is 18.7. The van der Waals surface area contributed by atoms with E-state index < -0.39 is 0 Å². The van der Waals surface area contributed by atoms with Crippen LogP contribution in [-0.4, -0.2) is 49.7 Å². The van der Waals surface area contributed by atoms with Gasteiger partial charge in [0.1, 0.15) is 22.1 Å². The maximum absolute atomic E-state index is 12.1. The first-order valence-electron chi connectivity index (χ1n) is 8.21. The van der Waals surface area contributed by atoms with Crippen molar-refractivity contribution in [3.63, 3.8) is 0 Å². The summed E-state index contributed by atoms with van der Waals surface area (Å²) in [6.45, 7) is 3.12. The van der Waals surface area contributed by atoms with Crippen molar-refractivity contribution in [3.05, 3.63) is 34.8 Å². The SMILES string of the molecule is CNC(=O)c1sc2nc(-c3cccc(OC)c3)c(NCCOC)n2c1C. The quantitative estimate of drug-likeness (QED) is 0.622. The van der Waals surface area contributed by atoms with E-state index in [0.29, 0.717) is 18.0 Å². The predicted molar refractivity (Wildman–Crippen MR) is 104 cm³/mol. The number of amides is 1. The summed E-state index contributed by atoms with van der Waals surface area (Å²) in [5, 5.41) is 6.07. The lowest BCUT2D eigenvalue weighted by Crippen LogP contribution is -2.18. The number of ether oxygens (including phenoxy) is 2.